The Labute approximate surface area is 215 Å². The first-order valence-corrected chi connectivity index (χ1v) is 12.8. The highest BCUT2D eigenvalue weighted by molar-refractivity contribution is 7.09. The van der Waals surface area contributed by atoms with Gasteiger partial charge >= 0.3 is 5.97 Å². The summed E-state index contributed by atoms with van der Waals surface area (Å²) in [4.78, 5) is 19.4. The molecule has 0 saturated carbocycles. The second kappa shape index (κ2) is 9.76. The number of benzene rings is 1. The summed E-state index contributed by atoms with van der Waals surface area (Å²) in [6.07, 6.45) is -0.928. The first-order chi connectivity index (χ1) is 16.5. The SMILES string of the molecule is COC(=O)C(OC(C)(C)C)c1c(C)nc2c(c(C)c(C)n2Cc2cccs2)c1-c1ccc(Cl)cc1. The Kier molecular flexibility index (Phi) is 7.09. The number of methoxy groups -OCH3 is 1. The van der Waals surface area contributed by atoms with Crippen LogP contribution in [0.4, 0.5) is 0 Å². The van der Waals surface area contributed by atoms with E-state index in [2.05, 4.69) is 35.9 Å². The first-order valence-electron chi connectivity index (χ1n) is 11.6. The van der Waals surface area contributed by atoms with Gasteiger partial charge < -0.3 is 14.0 Å². The fourth-order valence-corrected chi connectivity index (χ4v) is 5.29. The molecular formula is C28H31ClN2O3S. The lowest BCUT2D eigenvalue weighted by Gasteiger charge is -2.28. The van der Waals surface area contributed by atoms with E-state index in [1.54, 1.807) is 11.3 Å². The van der Waals surface area contributed by atoms with E-state index in [1.807, 2.05) is 52.0 Å². The molecule has 0 bridgehead atoms. The van der Waals surface area contributed by atoms with Gasteiger partial charge in [0.1, 0.15) is 5.65 Å². The maximum absolute atomic E-state index is 13.1. The van der Waals surface area contributed by atoms with Gasteiger partial charge in [-0.25, -0.2) is 9.78 Å². The molecule has 1 atom stereocenters. The van der Waals surface area contributed by atoms with E-state index in [1.165, 1.54) is 12.0 Å². The van der Waals surface area contributed by atoms with E-state index in [9.17, 15) is 4.79 Å². The third kappa shape index (κ3) is 5.01. The van der Waals surface area contributed by atoms with Crippen LogP contribution in [-0.2, 0) is 20.8 Å². The molecule has 0 aliphatic carbocycles. The maximum Gasteiger partial charge on any atom is 0.339 e. The molecule has 0 aliphatic rings. The zero-order valence-electron chi connectivity index (χ0n) is 21.2. The van der Waals surface area contributed by atoms with E-state index in [-0.39, 0.29) is 0 Å². The van der Waals surface area contributed by atoms with Crippen molar-refractivity contribution >= 4 is 39.9 Å². The number of ether oxygens (including phenoxy) is 2. The monoisotopic (exact) mass is 510 g/mol. The lowest BCUT2D eigenvalue weighted by atomic mass is 9.91. The summed E-state index contributed by atoms with van der Waals surface area (Å²) in [6, 6.07) is 11.9. The highest BCUT2D eigenvalue weighted by atomic mass is 35.5. The molecule has 7 heteroatoms. The molecular weight excluding hydrogens is 480 g/mol. The molecule has 3 heterocycles. The number of esters is 1. The smallest absolute Gasteiger partial charge is 0.339 e. The Bertz CT molecular complexity index is 1370. The molecule has 0 amide bonds. The van der Waals surface area contributed by atoms with Crippen molar-refractivity contribution in [2.75, 3.05) is 7.11 Å². The second-order valence-corrected chi connectivity index (χ2v) is 11.2. The van der Waals surface area contributed by atoms with Crippen molar-refractivity contribution in [3.63, 3.8) is 0 Å². The van der Waals surface area contributed by atoms with E-state index in [0.717, 1.165) is 51.2 Å². The molecule has 0 saturated heterocycles. The molecule has 1 aromatic carbocycles. The Morgan fingerprint density at radius 1 is 1.14 bits per heavy atom. The van der Waals surface area contributed by atoms with Crippen LogP contribution in [0.5, 0.6) is 0 Å². The number of aryl methyl sites for hydroxylation is 2. The average molecular weight is 511 g/mol. The number of hydrogen-bond acceptors (Lipinski definition) is 5. The number of carbonyl (C=O) groups excluding carboxylic acids is 1. The van der Waals surface area contributed by atoms with Crippen LogP contribution in [0, 0.1) is 20.8 Å². The van der Waals surface area contributed by atoms with Crippen molar-refractivity contribution < 1.29 is 14.3 Å². The van der Waals surface area contributed by atoms with Gasteiger partial charge in [-0.1, -0.05) is 29.8 Å². The van der Waals surface area contributed by atoms with Crippen molar-refractivity contribution in [3.05, 3.63) is 74.2 Å². The topological polar surface area (TPSA) is 53.4 Å². The molecule has 4 aromatic rings. The van der Waals surface area contributed by atoms with E-state index < -0.39 is 17.7 Å². The summed E-state index contributed by atoms with van der Waals surface area (Å²) in [7, 11) is 1.39. The van der Waals surface area contributed by atoms with Gasteiger partial charge in [0.05, 0.1) is 19.3 Å². The Hall–Kier alpha value is -2.67. The summed E-state index contributed by atoms with van der Waals surface area (Å²) >= 11 is 7.96. The van der Waals surface area contributed by atoms with Crippen LogP contribution in [0.3, 0.4) is 0 Å². The van der Waals surface area contributed by atoms with Crippen LogP contribution in [0.1, 0.15) is 54.3 Å². The predicted molar refractivity (Wildman–Crippen MR) is 143 cm³/mol. The Morgan fingerprint density at radius 3 is 2.40 bits per heavy atom. The number of nitrogens with zero attached hydrogens (tertiary/aromatic N) is 2. The molecule has 0 fully saturated rings. The standard InChI is InChI=1S/C28H31ClN2O3S/c1-16-18(3)31(15-21-9-8-14-35-21)26-22(16)24(19-10-12-20(29)13-11-19)23(17(2)30-26)25(27(32)33-7)34-28(4,5)6/h8-14,25H,15H2,1-7H3. The van der Waals surface area contributed by atoms with Gasteiger partial charge in [0.2, 0.25) is 0 Å². The Balaban J connectivity index is 2.09. The highest BCUT2D eigenvalue weighted by Crippen LogP contribution is 2.42. The maximum atomic E-state index is 13.1. The number of fused-ring (bicyclic) bond motifs is 1. The van der Waals surface area contributed by atoms with E-state index >= 15 is 0 Å². The normalized spacial score (nSPS) is 12.8. The van der Waals surface area contributed by atoms with Crippen LogP contribution in [0.15, 0.2) is 41.8 Å². The number of pyridine rings is 1. The summed E-state index contributed by atoms with van der Waals surface area (Å²) < 4.78 is 13.8. The fraction of sp³-hybridized carbons (Fsp3) is 0.357. The summed E-state index contributed by atoms with van der Waals surface area (Å²) in [6.45, 7) is 12.7. The largest absolute Gasteiger partial charge is 0.467 e. The number of thiophene rings is 1. The zero-order valence-corrected chi connectivity index (χ0v) is 22.8. The quantitative estimate of drug-likeness (QED) is 0.253. The Morgan fingerprint density at radius 2 is 1.83 bits per heavy atom. The number of carbonyl (C=O) groups is 1. The summed E-state index contributed by atoms with van der Waals surface area (Å²) in [5, 5.41) is 3.74. The minimum Gasteiger partial charge on any atom is -0.467 e. The van der Waals surface area contributed by atoms with Crippen molar-refractivity contribution in [2.24, 2.45) is 0 Å². The predicted octanol–water partition coefficient (Wildman–Crippen LogP) is 7.42. The van der Waals surface area contributed by atoms with Crippen molar-refractivity contribution in [2.45, 2.75) is 59.8 Å². The molecule has 1 unspecified atom stereocenters. The molecule has 0 spiro atoms. The van der Waals surface area contributed by atoms with Crippen LogP contribution in [-0.4, -0.2) is 28.2 Å². The average Bonchev–Trinajstić information content (AvgIpc) is 3.39. The second-order valence-electron chi connectivity index (χ2n) is 9.70. The van der Waals surface area contributed by atoms with Gasteiger partial charge in [-0.3, -0.25) is 0 Å². The molecule has 0 radical (unpaired) electrons. The van der Waals surface area contributed by atoms with Gasteiger partial charge in [0.15, 0.2) is 6.10 Å². The van der Waals surface area contributed by atoms with Gasteiger partial charge in [0, 0.05) is 37.8 Å². The summed E-state index contributed by atoms with van der Waals surface area (Å²) in [5.41, 5.74) is 5.89. The van der Waals surface area contributed by atoms with Crippen LogP contribution in [0.25, 0.3) is 22.2 Å². The van der Waals surface area contributed by atoms with Crippen LogP contribution in [0.2, 0.25) is 5.02 Å². The third-order valence-electron chi connectivity index (χ3n) is 6.16. The van der Waals surface area contributed by atoms with E-state index in [0.29, 0.717) is 5.02 Å². The van der Waals surface area contributed by atoms with Crippen LogP contribution >= 0.6 is 22.9 Å². The molecule has 184 valence electrons. The number of aromatic nitrogens is 2. The first kappa shape index (κ1) is 25.4. The number of hydrogen-bond donors (Lipinski definition) is 0. The van der Waals surface area contributed by atoms with E-state index in [4.69, 9.17) is 26.1 Å². The molecule has 5 nitrogen and oxygen atoms in total. The fourth-order valence-electron chi connectivity index (χ4n) is 4.47. The minimum atomic E-state index is -0.928. The minimum absolute atomic E-state index is 0.452. The lowest BCUT2D eigenvalue weighted by Crippen LogP contribution is -2.29. The summed E-state index contributed by atoms with van der Waals surface area (Å²) in [5.74, 6) is -0.452. The van der Waals surface area contributed by atoms with Gasteiger partial charge in [-0.15, -0.1) is 11.3 Å². The molecule has 0 N–H and O–H groups in total. The molecule has 3 aromatic heterocycles. The van der Waals surface area contributed by atoms with Crippen molar-refractivity contribution in [1.82, 2.24) is 9.55 Å². The number of rotatable bonds is 6. The zero-order chi connectivity index (χ0) is 25.5. The highest BCUT2D eigenvalue weighted by Gasteiger charge is 2.34. The third-order valence-corrected chi connectivity index (χ3v) is 7.27. The number of halogens is 1. The lowest BCUT2D eigenvalue weighted by molar-refractivity contribution is -0.164. The molecule has 35 heavy (non-hydrogen) atoms. The van der Waals surface area contributed by atoms with Gasteiger partial charge in [-0.2, -0.15) is 0 Å². The molecule has 0 aliphatic heterocycles. The molecule has 4 rings (SSSR count). The van der Waals surface area contributed by atoms with Crippen LogP contribution < -0.4 is 0 Å². The van der Waals surface area contributed by atoms with Crippen molar-refractivity contribution in [1.29, 1.82) is 0 Å². The van der Waals surface area contributed by atoms with Gasteiger partial charge in [-0.05, 0) is 76.2 Å². The van der Waals surface area contributed by atoms with Crippen molar-refractivity contribution in [3.8, 4) is 11.1 Å². The van der Waals surface area contributed by atoms with Gasteiger partial charge in [0.25, 0.3) is 0 Å².